The van der Waals surface area contributed by atoms with Crippen LogP contribution >= 0.6 is 0 Å². The molecule has 0 saturated carbocycles. The molecule has 1 spiro atoms. The molecule has 2 saturated heterocycles. The van der Waals surface area contributed by atoms with Crippen molar-refractivity contribution in [1.29, 1.82) is 0 Å². The summed E-state index contributed by atoms with van der Waals surface area (Å²) in [5.74, 6) is 0.722. The summed E-state index contributed by atoms with van der Waals surface area (Å²) >= 11 is 0. The highest BCUT2D eigenvalue weighted by molar-refractivity contribution is 5.73. The number of rotatable bonds is 2. The number of hydrogen-bond donors (Lipinski definition) is 1. The van der Waals surface area contributed by atoms with Crippen LogP contribution in [0.3, 0.4) is 0 Å². The van der Waals surface area contributed by atoms with Gasteiger partial charge in [-0.1, -0.05) is 0 Å². The largest absolute Gasteiger partial charge is 0.384 e. The summed E-state index contributed by atoms with van der Waals surface area (Å²) in [6.45, 7) is 6.41. The van der Waals surface area contributed by atoms with Crippen LogP contribution in [0, 0.1) is 11.3 Å². The third kappa shape index (κ3) is 2.09. The van der Waals surface area contributed by atoms with Crippen LogP contribution in [-0.2, 0) is 9.53 Å². The maximum absolute atomic E-state index is 11.5. The van der Waals surface area contributed by atoms with Gasteiger partial charge in [-0.05, 0) is 31.3 Å². The van der Waals surface area contributed by atoms with Gasteiger partial charge in [-0.2, -0.15) is 0 Å². The van der Waals surface area contributed by atoms with Gasteiger partial charge >= 0.3 is 0 Å². The highest BCUT2D eigenvalue weighted by Crippen LogP contribution is 2.43. The molecular formula is C12H22N2O2. The molecular weight excluding hydrogens is 204 g/mol. The zero-order chi connectivity index (χ0) is 11.6. The summed E-state index contributed by atoms with van der Waals surface area (Å²) in [6.07, 6.45) is 2.34. The molecule has 4 nitrogen and oxygen atoms in total. The van der Waals surface area contributed by atoms with Crippen LogP contribution < -0.4 is 5.32 Å². The monoisotopic (exact) mass is 226 g/mol. The van der Waals surface area contributed by atoms with Crippen LogP contribution in [0.5, 0.6) is 0 Å². The van der Waals surface area contributed by atoms with Gasteiger partial charge in [-0.15, -0.1) is 0 Å². The van der Waals surface area contributed by atoms with E-state index >= 15 is 0 Å². The van der Waals surface area contributed by atoms with E-state index in [0.717, 1.165) is 32.8 Å². The van der Waals surface area contributed by atoms with Crippen LogP contribution in [0.1, 0.15) is 19.8 Å². The predicted octanol–water partition coefficient (Wildman–Crippen LogP) is 0.481. The second kappa shape index (κ2) is 4.72. The molecule has 0 aromatic heterocycles. The Bertz CT molecular complexity index is 262. The third-order valence-electron chi connectivity index (χ3n) is 4.23. The molecule has 0 aliphatic carbocycles. The fraction of sp³-hybridized carbons (Fsp3) is 0.917. The third-order valence-corrected chi connectivity index (χ3v) is 4.23. The molecule has 2 fully saturated rings. The standard InChI is InChI=1S/C12H22N2O2/c1-10(15)14-7-11(8-16-2)12(9-14)3-5-13-6-4-12/h11,13H,3-9H2,1-2H3. The lowest BCUT2D eigenvalue weighted by atomic mass is 9.71. The Morgan fingerprint density at radius 2 is 2.19 bits per heavy atom. The average Bonchev–Trinajstić information content (AvgIpc) is 2.60. The van der Waals surface area contributed by atoms with E-state index in [0.29, 0.717) is 11.3 Å². The molecule has 2 aliphatic rings. The van der Waals surface area contributed by atoms with Gasteiger partial charge in [0.25, 0.3) is 0 Å². The number of ether oxygens (including phenoxy) is 1. The van der Waals surface area contributed by atoms with Crippen molar-refractivity contribution >= 4 is 5.91 Å². The Balaban J connectivity index is 2.10. The van der Waals surface area contributed by atoms with E-state index in [-0.39, 0.29) is 5.91 Å². The molecule has 0 radical (unpaired) electrons. The van der Waals surface area contributed by atoms with E-state index in [1.807, 2.05) is 4.90 Å². The molecule has 1 unspecified atom stereocenters. The quantitative estimate of drug-likeness (QED) is 0.744. The molecule has 4 heteroatoms. The van der Waals surface area contributed by atoms with E-state index in [1.165, 1.54) is 12.8 Å². The highest BCUT2D eigenvalue weighted by atomic mass is 16.5. The number of likely N-dealkylation sites (tertiary alicyclic amines) is 1. The van der Waals surface area contributed by atoms with Gasteiger partial charge in [0.05, 0.1) is 6.61 Å². The minimum Gasteiger partial charge on any atom is -0.384 e. The normalized spacial score (nSPS) is 28.6. The van der Waals surface area contributed by atoms with Crippen LogP contribution in [0.15, 0.2) is 0 Å². The Labute approximate surface area is 97.3 Å². The molecule has 1 amide bonds. The van der Waals surface area contributed by atoms with Gasteiger partial charge in [0.2, 0.25) is 5.91 Å². The number of hydrogen-bond acceptors (Lipinski definition) is 3. The molecule has 2 aliphatic heterocycles. The lowest BCUT2D eigenvalue weighted by Crippen LogP contribution is -2.43. The average molecular weight is 226 g/mol. The van der Waals surface area contributed by atoms with Crippen LogP contribution in [0.2, 0.25) is 0 Å². The second-order valence-corrected chi connectivity index (χ2v) is 5.16. The Morgan fingerprint density at radius 1 is 1.50 bits per heavy atom. The topological polar surface area (TPSA) is 41.6 Å². The second-order valence-electron chi connectivity index (χ2n) is 5.16. The zero-order valence-electron chi connectivity index (χ0n) is 10.3. The fourth-order valence-corrected chi connectivity index (χ4v) is 3.20. The van der Waals surface area contributed by atoms with Crippen molar-refractivity contribution in [3.8, 4) is 0 Å². The lowest BCUT2D eigenvalue weighted by molar-refractivity contribution is -0.128. The Kier molecular flexibility index (Phi) is 3.50. The molecule has 0 aromatic rings. The molecule has 2 rings (SSSR count). The van der Waals surface area contributed by atoms with Crippen molar-refractivity contribution < 1.29 is 9.53 Å². The molecule has 92 valence electrons. The number of methoxy groups -OCH3 is 1. The van der Waals surface area contributed by atoms with Crippen LogP contribution in [-0.4, -0.2) is 50.7 Å². The first-order valence-corrected chi connectivity index (χ1v) is 6.13. The van der Waals surface area contributed by atoms with Crippen molar-refractivity contribution in [2.45, 2.75) is 19.8 Å². The van der Waals surface area contributed by atoms with Crippen molar-refractivity contribution in [2.24, 2.45) is 11.3 Å². The first-order valence-electron chi connectivity index (χ1n) is 6.13. The maximum Gasteiger partial charge on any atom is 0.219 e. The predicted molar refractivity (Wildman–Crippen MR) is 62.2 cm³/mol. The Morgan fingerprint density at radius 3 is 2.75 bits per heavy atom. The van der Waals surface area contributed by atoms with Gasteiger partial charge < -0.3 is 15.0 Å². The zero-order valence-corrected chi connectivity index (χ0v) is 10.3. The number of piperidine rings is 1. The molecule has 2 heterocycles. The first kappa shape index (κ1) is 11.9. The van der Waals surface area contributed by atoms with E-state index < -0.39 is 0 Å². The van der Waals surface area contributed by atoms with Crippen LogP contribution in [0.4, 0.5) is 0 Å². The van der Waals surface area contributed by atoms with Gasteiger partial charge in [0.1, 0.15) is 0 Å². The highest BCUT2D eigenvalue weighted by Gasteiger charge is 2.47. The molecule has 1 N–H and O–H groups in total. The van der Waals surface area contributed by atoms with Gasteiger partial charge in [0.15, 0.2) is 0 Å². The van der Waals surface area contributed by atoms with E-state index in [1.54, 1.807) is 14.0 Å². The number of carbonyl (C=O) groups is 1. The number of amides is 1. The van der Waals surface area contributed by atoms with Gasteiger partial charge in [0, 0.05) is 33.0 Å². The summed E-state index contributed by atoms with van der Waals surface area (Å²) in [5, 5.41) is 3.40. The van der Waals surface area contributed by atoms with Gasteiger partial charge in [-0.25, -0.2) is 0 Å². The minimum absolute atomic E-state index is 0.205. The fourth-order valence-electron chi connectivity index (χ4n) is 3.20. The molecule has 0 bridgehead atoms. The molecule has 0 aromatic carbocycles. The van der Waals surface area contributed by atoms with E-state index in [4.69, 9.17) is 4.74 Å². The van der Waals surface area contributed by atoms with Crippen molar-refractivity contribution in [3.05, 3.63) is 0 Å². The smallest absolute Gasteiger partial charge is 0.219 e. The first-order chi connectivity index (χ1) is 7.68. The van der Waals surface area contributed by atoms with E-state index in [9.17, 15) is 4.79 Å². The molecule has 16 heavy (non-hydrogen) atoms. The van der Waals surface area contributed by atoms with Crippen LogP contribution in [0.25, 0.3) is 0 Å². The lowest BCUT2D eigenvalue weighted by Gasteiger charge is -2.38. The van der Waals surface area contributed by atoms with Crippen molar-refractivity contribution in [3.63, 3.8) is 0 Å². The van der Waals surface area contributed by atoms with E-state index in [2.05, 4.69) is 5.32 Å². The maximum atomic E-state index is 11.5. The Hall–Kier alpha value is -0.610. The summed E-state index contributed by atoms with van der Waals surface area (Å²) in [4.78, 5) is 13.5. The summed E-state index contributed by atoms with van der Waals surface area (Å²) in [7, 11) is 1.76. The van der Waals surface area contributed by atoms with Gasteiger partial charge in [-0.3, -0.25) is 4.79 Å². The number of nitrogens with zero attached hydrogens (tertiary/aromatic N) is 1. The number of carbonyl (C=O) groups excluding carboxylic acids is 1. The minimum atomic E-state index is 0.205. The summed E-state index contributed by atoms with van der Waals surface area (Å²) in [6, 6.07) is 0. The van der Waals surface area contributed by atoms with Crippen molar-refractivity contribution in [2.75, 3.05) is 39.9 Å². The summed E-state index contributed by atoms with van der Waals surface area (Å²) < 4.78 is 5.32. The summed E-state index contributed by atoms with van der Waals surface area (Å²) in [5.41, 5.74) is 0.312. The molecule has 1 atom stereocenters. The number of nitrogens with one attached hydrogen (secondary N) is 1. The van der Waals surface area contributed by atoms with Crippen molar-refractivity contribution in [1.82, 2.24) is 10.2 Å². The SMILES string of the molecule is COCC1CN(C(C)=O)CC12CCNCC2.